The molecule has 4 nitrogen and oxygen atoms in total. The number of thioether (sulfide) groups is 1. The molecule has 0 aliphatic carbocycles. The molecule has 1 fully saturated rings. The maximum absolute atomic E-state index is 6.17. The fourth-order valence-corrected chi connectivity index (χ4v) is 3.72. The highest BCUT2D eigenvalue weighted by atomic mass is 32.2. The number of anilines is 2. The van der Waals surface area contributed by atoms with E-state index in [0.717, 1.165) is 36.6 Å². The predicted octanol–water partition coefficient (Wildman–Crippen LogP) is 2.65. The van der Waals surface area contributed by atoms with Gasteiger partial charge in [-0.25, -0.2) is 0 Å². The summed E-state index contributed by atoms with van der Waals surface area (Å²) >= 11 is 2.06. The fourth-order valence-electron chi connectivity index (χ4n) is 2.47. The van der Waals surface area contributed by atoms with Crippen LogP contribution in [-0.4, -0.2) is 26.8 Å². The van der Waals surface area contributed by atoms with E-state index in [1.54, 1.807) is 0 Å². The molecule has 0 aromatic carbocycles. The molecule has 1 unspecified atom stereocenters. The van der Waals surface area contributed by atoms with E-state index in [1.165, 1.54) is 18.6 Å². The molecule has 18 heavy (non-hydrogen) atoms. The number of nitrogens with two attached hydrogens (primary N) is 1. The smallest absolute Gasteiger partial charge is 0.147 e. The van der Waals surface area contributed by atoms with Crippen LogP contribution in [0, 0.1) is 0 Å². The molecule has 1 aliphatic rings. The number of hydrogen-bond donors (Lipinski definition) is 2. The first-order valence-electron chi connectivity index (χ1n) is 6.75. The molecule has 1 atom stereocenters. The largest absolute Gasteiger partial charge is 0.394 e. The Morgan fingerprint density at radius 2 is 2.33 bits per heavy atom. The monoisotopic (exact) mass is 268 g/mol. The van der Waals surface area contributed by atoms with Crippen molar-refractivity contribution in [1.29, 1.82) is 0 Å². The predicted molar refractivity (Wildman–Crippen MR) is 80.2 cm³/mol. The summed E-state index contributed by atoms with van der Waals surface area (Å²) in [7, 11) is 1.96. The third-order valence-corrected chi connectivity index (χ3v) is 5.12. The van der Waals surface area contributed by atoms with Crippen LogP contribution in [0.5, 0.6) is 0 Å². The molecule has 1 saturated heterocycles. The lowest BCUT2D eigenvalue weighted by molar-refractivity contribution is 0.629. The van der Waals surface area contributed by atoms with Crippen LogP contribution in [-0.2, 0) is 13.5 Å². The van der Waals surface area contributed by atoms with E-state index in [-0.39, 0.29) is 0 Å². The van der Waals surface area contributed by atoms with Crippen molar-refractivity contribution < 1.29 is 0 Å². The summed E-state index contributed by atoms with van der Waals surface area (Å²) < 4.78 is 2.23. The quantitative estimate of drug-likeness (QED) is 0.862. The zero-order chi connectivity index (χ0) is 13.2. The second-order valence-corrected chi connectivity index (χ2v) is 7.02. The first-order chi connectivity index (χ1) is 8.56. The van der Waals surface area contributed by atoms with Gasteiger partial charge in [0.05, 0.1) is 11.4 Å². The van der Waals surface area contributed by atoms with Crippen molar-refractivity contribution in [3.05, 3.63) is 5.69 Å². The molecule has 0 amide bonds. The molecule has 0 radical (unpaired) electrons. The number of nitrogens with one attached hydrogen (secondary N) is 1. The van der Waals surface area contributed by atoms with Crippen LogP contribution < -0.4 is 11.1 Å². The van der Waals surface area contributed by atoms with E-state index >= 15 is 0 Å². The molecule has 2 rings (SSSR count). The summed E-state index contributed by atoms with van der Waals surface area (Å²) in [6.07, 6.45) is 4.64. The van der Waals surface area contributed by atoms with Crippen molar-refractivity contribution in [3.63, 3.8) is 0 Å². The summed E-state index contributed by atoms with van der Waals surface area (Å²) in [6, 6.07) is 0. The van der Waals surface area contributed by atoms with Gasteiger partial charge in [0.25, 0.3) is 0 Å². The highest BCUT2D eigenvalue weighted by Crippen LogP contribution is 2.38. The van der Waals surface area contributed by atoms with Gasteiger partial charge in [0.2, 0.25) is 0 Å². The summed E-state index contributed by atoms with van der Waals surface area (Å²) in [5, 5.41) is 7.99. The lowest BCUT2D eigenvalue weighted by atomic mass is 10.1. The molecule has 1 aromatic rings. The molecule has 0 spiro atoms. The van der Waals surface area contributed by atoms with E-state index in [4.69, 9.17) is 5.73 Å². The summed E-state index contributed by atoms with van der Waals surface area (Å²) in [6.45, 7) is 5.45. The maximum atomic E-state index is 6.17. The van der Waals surface area contributed by atoms with Gasteiger partial charge < -0.3 is 11.1 Å². The van der Waals surface area contributed by atoms with Gasteiger partial charge in [0.15, 0.2) is 0 Å². The van der Waals surface area contributed by atoms with Crippen molar-refractivity contribution in [3.8, 4) is 0 Å². The number of aryl methyl sites for hydroxylation is 2. The van der Waals surface area contributed by atoms with Crippen molar-refractivity contribution >= 4 is 23.3 Å². The third kappa shape index (κ3) is 2.76. The lowest BCUT2D eigenvalue weighted by Gasteiger charge is -2.23. The molecular formula is C13H24N4S. The van der Waals surface area contributed by atoms with Crippen LogP contribution in [0.25, 0.3) is 0 Å². The van der Waals surface area contributed by atoms with Gasteiger partial charge in [-0.05, 0) is 31.9 Å². The summed E-state index contributed by atoms with van der Waals surface area (Å²) in [4.78, 5) is 0. The average Bonchev–Trinajstić information content (AvgIpc) is 2.85. The van der Waals surface area contributed by atoms with Gasteiger partial charge in [0.1, 0.15) is 5.82 Å². The zero-order valence-electron chi connectivity index (χ0n) is 11.6. The Morgan fingerprint density at radius 1 is 1.56 bits per heavy atom. The molecule has 1 aliphatic heterocycles. The minimum atomic E-state index is 0.349. The number of hydrogen-bond acceptors (Lipinski definition) is 4. The molecule has 1 aromatic heterocycles. The van der Waals surface area contributed by atoms with Gasteiger partial charge >= 0.3 is 0 Å². The minimum absolute atomic E-state index is 0.349. The van der Waals surface area contributed by atoms with Crippen LogP contribution in [0.2, 0.25) is 0 Å². The van der Waals surface area contributed by atoms with Gasteiger partial charge in [-0.1, -0.05) is 13.3 Å². The van der Waals surface area contributed by atoms with Crippen LogP contribution in [0.4, 0.5) is 11.5 Å². The first-order valence-corrected chi connectivity index (χ1v) is 7.73. The minimum Gasteiger partial charge on any atom is -0.394 e. The Bertz CT molecular complexity index is 407. The van der Waals surface area contributed by atoms with Gasteiger partial charge in [0, 0.05) is 18.3 Å². The molecule has 102 valence electrons. The number of rotatable bonds is 5. The molecule has 2 heterocycles. The second-order valence-electron chi connectivity index (χ2n) is 5.34. The van der Waals surface area contributed by atoms with Crippen molar-refractivity contribution in [2.75, 3.05) is 23.3 Å². The number of nitrogen functional groups attached to an aromatic ring is 1. The molecule has 0 bridgehead atoms. The Kier molecular flexibility index (Phi) is 4.10. The van der Waals surface area contributed by atoms with E-state index in [2.05, 4.69) is 36.0 Å². The van der Waals surface area contributed by atoms with Crippen LogP contribution in [0.15, 0.2) is 0 Å². The van der Waals surface area contributed by atoms with E-state index in [1.807, 2.05) is 11.7 Å². The standard InChI is InChI=1S/C13H24N4S/c1-4-6-10-11(14)12(17(3)16-10)15-9-13(2)7-5-8-18-13/h15H,4-9,14H2,1-3H3. The SMILES string of the molecule is CCCc1nn(C)c(NCC2(C)CCCS2)c1N. The molecule has 5 heteroatoms. The van der Waals surface area contributed by atoms with E-state index in [9.17, 15) is 0 Å². The normalized spacial score (nSPS) is 23.5. The highest BCUT2D eigenvalue weighted by molar-refractivity contribution is 8.00. The summed E-state index contributed by atoms with van der Waals surface area (Å²) in [5.74, 6) is 2.26. The molecule has 3 N–H and O–H groups in total. The van der Waals surface area contributed by atoms with Crippen molar-refractivity contribution in [1.82, 2.24) is 9.78 Å². The molecule has 0 saturated carbocycles. The van der Waals surface area contributed by atoms with E-state index in [0.29, 0.717) is 4.75 Å². The van der Waals surface area contributed by atoms with Gasteiger partial charge in [-0.3, -0.25) is 4.68 Å². The van der Waals surface area contributed by atoms with Crippen molar-refractivity contribution in [2.24, 2.45) is 7.05 Å². The summed E-state index contributed by atoms with van der Waals surface area (Å²) in [5.41, 5.74) is 8.01. The Balaban J connectivity index is 2.04. The second kappa shape index (κ2) is 5.43. The average molecular weight is 268 g/mol. The highest BCUT2D eigenvalue weighted by Gasteiger charge is 2.29. The zero-order valence-corrected chi connectivity index (χ0v) is 12.4. The Labute approximate surface area is 114 Å². The van der Waals surface area contributed by atoms with Crippen LogP contribution in [0.3, 0.4) is 0 Å². The topological polar surface area (TPSA) is 55.9 Å². The maximum Gasteiger partial charge on any atom is 0.147 e. The fraction of sp³-hybridized carbons (Fsp3) is 0.769. The number of nitrogens with zero attached hydrogens (tertiary/aromatic N) is 2. The lowest BCUT2D eigenvalue weighted by Crippen LogP contribution is -2.28. The van der Waals surface area contributed by atoms with Gasteiger partial charge in [-0.2, -0.15) is 16.9 Å². The van der Waals surface area contributed by atoms with Crippen molar-refractivity contribution in [2.45, 2.75) is 44.3 Å². The van der Waals surface area contributed by atoms with E-state index < -0.39 is 0 Å². The van der Waals surface area contributed by atoms with Gasteiger partial charge in [-0.15, -0.1) is 0 Å². The third-order valence-electron chi connectivity index (χ3n) is 3.58. The van der Waals surface area contributed by atoms with Crippen LogP contribution in [0.1, 0.15) is 38.8 Å². The Morgan fingerprint density at radius 3 is 2.94 bits per heavy atom. The number of aromatic nitrogens is 2. The molecular weight excluding hydrogens is 244 g/mol. The van der Waals surface area contributed by atoms with Crippen LogP contribution >= 0.6 is 11.8 Å². The Hall–Kier alpha value is -0.840. The first kappa shape index (κ1) is 13.6.